The molecule has 0 bridgehead atoms. The minimum Gasteiger partial charge on any atom is -0.330 e. The average Bonchev–Trinajstić information content (AvgIpc) is 2.72. The van der Waals surface area contributed by atoms with E-state index < -0.39 is 0 Å². The Labute approximate surface area is 190 Å². The van der Waals surface area contributed by atoms with Gasteiger partial charge in [-0.1, -0.05) is 27.7 Å². The Bertz CT molecular complexity index is 246. The Morgan fingerprint density at radius 3 is 0.967 bits per heavy atom. The van der Waals surface area contributed by atoms with E-state index in [1.54, 1.807) is 0 Å². The molecular weight excluding hydrogens is 376 g/mol. The first-order chi connectivity index (χ1) is 14.1. The Morgan fingerprint density at radius 1 is 0.600 bits per heavy atom. The van der Waals surface area contributed by atoms with Crippen molar-refractivity contribution < 1.29 is 0 Å². The maximum absolute atomic E-state index is 5.17. The fourth-order valence-electron chi connectivity index (χ4n) is 1.88. The van der Waals surface area contributed by atoms with Gasteiger partial charge in [-0.25, -0.2) is 0 Å². The minimum atomic E-state index is 0.162. The molecule has 0 spiro atoms. The fourth-order valence-corrected chi connectivity index (χ4v) is 1.88. The summed E-state index contributed by atoms with van der Waals surface area (Å²) in [6, 6.07) is 0.162. The van der Waals surface area contributed by atoms with Crippen molar-refractivity contribution in [2.24, 2.45) is 22.9 Å². The number of hydrogen-bond donors (Lipinski definition) is 4. The molecule has 0 aliphatic rings. The SMILES string of the molecule is CC(N)CN.CCN(CC)CCN(CC)CC.CN(C)CCN(C)C.NCCCN. The highest BCUT2D eigenvalue weighted by molar-refractivity contribution is 4.58. The van der Waals surface area contributed by atoms with Crippen molar-refractivity contribution >= 4 is 0 Å². The molecule has 0 aliphatic carbocycles. The lowest BCUT2D eigenvalue weighted by Gasteiger charge is -2.23. The molecular formula is C22H60N8. The van der Waals surface area contributed by atoms with Gasteiger partial charge in [0.2, 0.25) is 0 Å². The van der Waals surface area contributed by atoms with Gasteiger partial charge in [-0.15, -0.1) is 0 Å². The highest BCUT2D eigenvalue weighted by Gasteiger charge is 2.02. The van der Waals surface area contributed by atoms with Crippen LogP contribution in [-0.2, 0) is 0 Å². The maximum atomic E-state index is 5.17. The number of likely N-dealkylation sites (N-methyl/N-ethyl adjacent to an activating group) is 4. The fraction of sp³-hybridized carbons (Fsp3) is 1.00. The molecule has 0 aromatic heterocycles. The van der Waals surface area contributed by atoms with Gasteiger partial charge in [-0.2, -0.15) is 0 Å². The molecule has 0 aliphatic heterocycles. The van der Waals surface area contributed by atoms with Crippen LogP contribution < -0.4 is 22.9 Å². The Balaban J connectivity index is -0.000000162. The Hall–Kier alpha value is -0.320. The van der Waals surface area contributed by atoms with Gasteiger partial charge in [0.25, 0.3) is 0 Å². The topological polar surface area (TPSA) is 117 Å². The van der Waals surface area contributed by atoms with Gasteiger partial charge in [0.1, 0.15) is 0 Å². The molecule has 30 heavy (non-hydrogen) atoms. The van der Waals surface area contributed by atoms with Crippen molar-refractivity contribution in [3.8, 4) is 0 Å². The standard InChI is InChI=1S/C10H24N2.C6H16N2.2C3H10N2/c1-5-11(6-2)9-10-12(7-3)8-4;1-7(2)5-6-8(3)4;1-3(5)2-4;4-2-1-3-5/h5-10H2,1-4H3;5-6H2,1-4H3;3H,2,4-5H2,1H3;1-5H2. The lowest BCUT2D eigenvalue weighted by atomic mass is 10.4. The van der Waals surface area contributed by atoms with Crippen LogP contribution in [0.4, 0.5) is 0 Å². The highest BCUT2D eigenvalue weighted by Crippen LogP contribution is 1.91. The van der Waals surface area contributed by atoms with E-state index in [2.05, 4.69) is 75.5 Å². The third-order valence-corrected chi connectivity index (χ3v) is 4.30. The van der Waals surface area contributed by atoms with Crippen molar-refractivity contribution in [2.45, 2.75) is 47.1 Å². The van der Waals surface area contributed by atoms with E-state index in [1.807, 2.05) is 6.92 Å². The van der Waals surface area contributed by atoms with E-state index in [4.69, 9.17) is 22.9 Å². The molecule has 8 heteroatoms. The van der Waals surface area contributed by atoms with Crippen LogP contribution in [-0.4, -0.2) is 126 Å². The molecule has 8 nitrogen and oxygen atoms in total. The lowest BCUT2D eigenvalue weighted by molar-refractivity contribution is 0.227. The lowest BCUT2D eigenvalue weighted by Crippen LogP contribution is -2.34. The number of hydrogen-bond acceptors (Lipinski definition) is 8. The zero-order valence-corrected chi connectivity index (χ0v) is 22.2. The van der Waals surface area contributed by atoms with Gasteiger partial charge < -0.3 is 42.5 Å². The van der Waals surface area contributed by atoms with Crippen LogP contribution in [0.5, 0.6) is 0 Å². The normalized spacial score (nSPS) is 11.5. The molecule has 0 saturated carbocycles. The van der Waals surface area contributed by atoms with Crippen LogP contribution in [0.3, 0.4) is 0 Å². The summed E-state index contributed by atoms with van der Waals surface area (Å²) in [7, 11) is 8.35. The van der Waals surface area contributed by atoms with Gasteiger partial charge in [0.15, 0.2) is 0 Å². The molecule has 0 heterocycles. The summed E-state index contributed by atoms with van der Waals surface area (Å²) in [6.07, 6.45) is 0.944. The third-order valence-electron chi connectivity index (χ3n) is 4.30. The molecule has 0 fully saturated rings. The molecule has 1 unspecified atom stereocenters. The van der Waals surface area contributed by atoms with Crippen LogP contribution in [0.1, 0.15) is 41.0 Å². The third kappa shape index (κ3) is 41.9. The zero-order valence-electron chi connectivity index (χ0n) is 22.2. The second kappa shape index (κ2) is 30.9. The monoisotopic (exact) mass is 436 g/mol. The molecule has 0 aromatic rings. The highest BCUT2D eigenvalue weighted by atomic mass is 15.2. The second-order valence-corrected chi connectivity index (χ2v) is 7.80. The number of rotatable bonds is 13. The van der Waals surface area contributed by atoms with Crippen LogP contribution in [0, 0.1) is 0 Å². The number of nitrogens with two attached hydrogens (primary N) is 4. The molecule has 1 atom stereocenters. The Morgan fingerprint density at radius 2 is 0.867 bits per heavy atom. The maximum Gasteiger partial charge on any atom is 0.0134 e. The predicted octanol–water partition coefficient (Wildman–Crippen LogP) is 0.366. The van der Waals surface area contributed by atoms with Gasteiger partial charge in [0.05, 0.1) is 0 Å². The van der Waals surface area contributed by atoms with Crippen LogP contribution >= 0.6 is 0 Å². The zero-order chi connectivity index (χ0) is 24.4. The van der Waals surface area contributed by atoms with E-state index in [0.717, 1.165) is 32.6 Å². The van der Waals surface area contributed by atoms with Gasteiger partial charge in [-0.3, -0.25) is 0 Å². The van der Waals surface area contributed by atoms with E-state index in [-0.39, 0.29) is 6.04 Å². The quantitative estimate of drug-likeness (QED) is 0.327. The van der Waals surface area contributed by atoms with Gasteiger partial charge in [0, 0.05) is 38.8 Å². The first kappa shape index (κ1) is 37.0. The smallest absolute Gasteiger partial charge is 0.0134 e. The summed E-state index contributed by atoms with van der Waals surface area (Å²) in [5, 5.41) is 0. The predicted molar refractivity (Wildman–Crippen MR) is 138 cm³/mol. The molecule has 0 rings (SSSR count). The first-order valence-corrected chi connectivity index (χ1v) is 11.7. The first-order valence-electron chi connectivity index (χ1n) is 11.7. The van der Waals surface area contributed by atoms with E-state index in [1.165, 1.54) is 39.3 Å². The molecule has 0 aromatic carbocycles. The van der Waals surface area contributed by atoms with Crippen molar-refractivity contribution in [1.29, 1.82) is 0 Å². The second-order valence-electron chi connectivity index (χ2n) is 7.80. The Kier molecular flexibility index (Phi) is 38.1. The number of nitrogens with zero attached hydrogens (tertiary/aromatic N) is 4. The molecule has 188 valence electrons. The molecule has 8 N–H and O–H groups in total. The molecule has 0 radical (unpaired) electrons. The van der Waals surface area contributed by atoms with Gasteiger partial charge in [-0.05, 0) is 80.8 Å². The summed E-state index contributed by atoms with van der Waals surface area (Å²) in [4.78, 5) is 9.30. The summed E-state index contributed by atoms with van der Waals surface area (Å²) in [5.74, 6) is 0. The van der Waals surface area contributed by atoms with Gasteiger partial charge >= 0.3 is 0 Å². The summed E-state index contributed by atoms with van der Waals surface area (Å²) in [5.41, 5.74) is 20.3. The summed E-state index contributed by atoms with van der Waals surface area (Å²) < 4.78 is 0. The molecule has 0 saturated heterocycles. The van der Waals surface area contributed by atoms with Crippen molar-refractivity contribution in [3.63, 3.8) is 0 Å². The van der Waals surface area contributed by atoms with Crippen LogP contribution in [0.2, 0.25) is 0 Å². The van der Waals surface area contributed by atoms with Crippen molar-refractivity contribution in [1.82, 2.24) is 19.6 Å². The van der Waals surface area contributed by atoms with Crippen molar-refractivity contribution in [3.05, 3.63) is 0 Å². The van der Waals surface area contributed by atoms with Crippen LogP contribution in [0.25, 0.3) is 0 Å². The van der Waals surface area contributed by atoms with E-state index >= 15 is 0 Å². The average molecular weight is 437 g/mol. The molecule has 0 amide bonds. The summed E-state index contributed by atoms with van der Waals surface area (Å²) >= 11 is 0. The minimum absolute atomic E-state index is 0.162. The van der Waals surface area contributed by atoms with E-state index in [9.17, 15) is 0 Å². The largest absolute Gasteiger partial charge is 0.330 e. The van der Waals surface area contributed by atoms with E-state index in [0.29, 0.717) is 6.54 Å². The van der Waals surface area contributed by atoms with Crippen molar-refractivity contribution in [2.75, 3.05) is 100 Å². The van der Waals surface area contributed by atoms with Crippen LogP contribution in [0.15, 0.2) is 0 Å². The summed E-state index contributed by atoms with van der Waals surface area (Å²) in [6.45, 7) is 22.2.